The van der Waals surface area contributed by atoms with Crippen LogP contribution in [0.2, 0.25) is 0 Å². The van der Waals surface area contributed by atoms with Gasteiger partial charge >= 0.3 is 0 Å². The number of aliphatic hydroxyl groups is 1. The second kappa shape index (κ2) is 5.67. The van der Waals surface area contributed by atoms with E-state index in [2.05, 4.69) is 23.6 Å². The van der Waals surface area contributed by atoms with E-state index in [1.165, 1.54) is 6.07 Å². The lowest BCUT2D eigenvalue weighted by Gasteiger charge is -2.38. The molecule has 2 rings (SSSR count). The molecule has 0 atom stereocenters. The zero-order valence-corrected chi connectivity index (χ0v) is 11.1. The lowest BCUT2D eigenvalue weighted by molar-refractivity contribution is 0.209. The van der Waals surface area contributed by atoms with Gasteiger partial charge in [0.25, 0.3) is 0 Å². The summed E-state index contributed by atoms with van der Waals surface area (Å²) in [7, 11) is 0. The molecule has 0 radical (unpaired) electrons. The van der Waals surface area contributed by atoms with Gasteiger partial charge in [-0.3, -0.25) is 4.90 Å². The Bertz CT molecular complexity index is 401. The molecule has 1 aromatic carbocycles. The van der Waals surface area contributed by atoms with Crippen LogP contribution in [-0.2, 0) is 6.61 Å². The predicted molar refractivity (Wildman–Crippen MR) is 71.2 cm³/mol. The molecule has 1 aliphatic rings. The molecule has 0 saturated carbocycles. The Kier molecular flexibility index (Phi) is 4.19. The summed E-state index contributed by atoms with van der Waals surface area (Å²) in [4.78, 5) is 4.60. The van der Waals surface area contributed by atoms with E-state index in [1.54, 1.807) is 6.07 Å². The third kappa shape index (κ3) is 3.00. The number of anilines is 1. The Hall–Kier alpha value is -1.13. The number of aliphatic hydroxyl groups excluding tert-OH is 1. The van der Waals surface area contributed by atoms with Crippen molar-refractivity contribution in [3.8, 4) is 0 Å². The summed E-state index contributed by atoms with van der Waals surface area (Å²) in [6.07, 6.45) is 0. The first kappa shape index (κ1) is 13.3. The maximum absolute atomic E-state index is 13.4. The van der Waals surface area contributed by atoms with E-state index in [4.69, 9.17) is 5.11 Å². The van der Waals surface area contributed by atoms with Crippen LogP contribution >= 0.6 is 0 Å². The van der Waals surface area contributed by atoms with Crippen molar-refractivity contribution < 1.29 is 9.50 Å². The van der Waals surface area contributed by atoms with E-state index in [9.17, 15) is 4.39 Å². The van der Waals surface area contributed by atoms with Crippen LogP contribution in [0.1, 0.15) is 19.4 Å². The molecule has 100 valence electrons. The Labute approximate surface area is 108 Å². The van der Waals surface area contributed by atoms with Crippen molar-refractivity contribution in [1.82, 2.24) is 4.90 Å². The lowest BCUT2D eigenvalue weighted by Crippen LogP contribution is -2.48. The van der Waals surface area contributed by atoms with E-state index < -0.39 is 0 Å². The third-order valence-electron chi connectivity index (χ3n) is 3.53. The first-order valence-corrected chi connectivity index (χ1v) is 6.49. The van der Waals surface area contributed by atoms with Gasteiger partial charge in [-0.25, -0.2) is 4.39 Å². The van der Waals surface area contributed by atoms with Crippen molar-refractivity contribution in [1.29, 1.82) is 0 Å². The predicted octanol–water partition coefficient (Wildman–Crippen LogP) is 1.85. The standard InChI is InChI=1S/C14H21FN2O/c1-11(2)16-3-5-17(6-4-16)14-8-12(10-18)7-13(15)9-14/h7-9,11,18H,3-6,10H2,1-2H3. The minimum absolute atomic E-state index is 0.114. The molecule has 0 aromatic heterocycles. The third-order valence-corrected chi connectivity index (χ3v) is 3.53. The highest BCUT2D eigenvalue weighted by atomic mass is 19.1. The topological polar surface area (TPSA) is 26.7 Å². The summed E-state index contributed by atoms with van der Waals surface area (Å²) in [5, 5.41) is 9.11. The monoisotopic (exact) mass is 252 g/mol. The van der Waals surface area contributed by atoms with Crippen LogP contribution in [0.25, 0.3) is 0 Å². The van der Waals surface area contributed by atoms with Crippen molar-refractivity contribution in [2.45, 2.75) is 26.5 Å². The summed E-state index contributed by atoms with van der Waals surface area (Å²) in [5.41, 5.74) is 1.51. The van der Waals surface area contributed by atoms with Crippen LogP contribution in [0, 0.1) is 5.82 Å². The quantitative estimate of drug-likeness (QED) is 0.889. The number of piperazine rings is 1. The minimum atomic E-state index is -0.275. The lowest BCUT2D eigenvalue weighted by atomic mass is 10.1. The van der Waals surface area contributed by atoms with E-state index in [-0.39, 0.29) is 12.4 Å². The molecule has 0 aliphatic carbocycles. The average Bonchev–Trinajstić information content (AvgIpc) is 2.38. The fourth-order valence-corrected chi connectivity index (χ4v) is 2.40. The smallest absolute Gasteiger partial charge is 0.125 e. The molecule has 1 aromatic rings. The Morgan fingerprint density at radius 2 is 1.83 bits per heavy atom. The fraction of sp³-hybridized carbons (Fsp3) is 0.571. The molecule has 4 heteroatoms. The number of hydrogen-bond acceptors (Lipinski definition) is 3. The minimum Gasteiger partial charge on any atom is -0.392 e. The highest BCUT2D eigenvalue weighted by Gasteiger charge is 2.19. The number of hydrogen-bond donors (Lipinski definition) is 1. The van der Waals surface area contributed by atoms with Crippen LogP contribution in [0.3, 0.4) is 0 Å². The van der Waals surface area contributed by atoms with Crippen molar-refractivity contribution in [2.24, 2.45) is 0 Å². The van der Waals surface area contributed by atoms with Gasteiger partial charge in [-0.05, 0) is 37.6 Å². The molecule has 18 heavy (non-hydrogen) atoms. The Morgan fingerprint density at radius 3 is 2.39 bits per heavy atom. The molecular weight excluding hydrogens is 231 g/mol. The molecule has 1 fully saturated rings. The van der Waals surface area contributed by atoms with E-state index >= 15 is 0 Å². The van der Waals surface area contributed by atoms with Gasteiger partial charge in [-0.2, -0.15) is 0 Å². The van der Waals surface area contributed by atoms with E-state index in [1.807, 2.05) is 6.07 Å². The maximum atomic E-state index is 13.4. The van der Waals surface area contributed by atoms with Gasteiger partial charge < -0.3 is 10.0 Å². The second-order valence-corrected chi connectivity index (χ2v) is 5.09. The van der Waals surface area contributed by atoms with Crippen molar-refractivity contribution in [3.05, 3.63) is 29.6 Å². The first-order valence-electron chi connectivity index (χ1n) is 6.49. The summed E-state index contributed by atoms with van der Waals surface area (Å²) in [6, 6.07) is 5.36. The molecule has 1 saturated heterocycles. The summed E-state index contributed by atoms with van der Waals surface area (Å²) in [6.45, 7) is 8.10. The molecular formula is C14H21FN2O. The van der Waals surface area contributed by atoms with Crippen LogP contribution in [0.4, 0.5) is 10.1 Å². The molecule has 1 aliphatic heterocycles. The Balaban J connectivity index is 2.07. The van der Waals surface area contributed by atoms with Gasteiger partial charge in [0.05, 0.1) is 6.61 Å². The van der Waals surface area contributed by atoms with Crippen LogP contribution in [-0.4, -0.2) is 42.2 Å². The van der Waals surface area contributed by atoms with Gasteiger partial charge in [0.15, 0.2) is 0 Å². The molecule has 0 spiro atoms. The van der Waals surface area contributed by atoms with Crippen LogP contribution in [0.5, 0.6) is 0 Å². The van der Waals surface area contributed by atoms with Gasteiger partial charge in [-0.1, -0.05) is 0 Å². The number of nitrogens with zero attached hydrogens (tertiary/aromatic N) is 2. The average molecular weight is 252 g/mol. The zero-order valence-electron chi connectivity index (χ0n) is 11.1. The fourth-order valence-electron chi connectivity index (χ4n) is 2.40. The van der Waals surface area contributed by atoms with Gasteiger partial charge in [0, 0.05) is 37.9 Å². The summed E-state index contributed by atoms with van der Waals surface area (Å²) < 4.78 is 13.4. The largest absolute Gasteiger partial charge is 0.392 e. The molecule has 3 nitrogen and oxygen atoms in total. The molecule has 1 heterocycles. The highest BCUT2D eigenvalue weighted by molar-refractivity contribution is 5.49. The summed E-state index contributed by atoms with van der Waals surface area (Å²) >= 11 is 0. The van der Waals surface area contributed by atoms with Crippen molar-refractivity contribution >= 4 is 5.69 Å². The molecule has 0 amide bonds. The molecule has 0 unspecified atom stereocenters. The zero-order chi connectivity index (χ0) is 13.1. The first-order chi connectivity index (χ1) is 8.60. The van der Waals surface area contributed by atoms with Crippen molar-refractivity contribution in [3.63, 3.8) is 0 Å². The highest BCUT2D eigenvalue weighted by Crippen LogP contribution is 2.20. The summed E-state index contributed by atoms with van der Waals surface area (Å²) in [5.74, 6) is -0.275. The SMILES string of the molecule is CC(C)N1CCN(c2cc(F)cc(CO)c2)CC1. The second-order valence-electron chi connectivity index (χ2n) is 5.09. The van der Waals surface area contributed by atoms with Crippen LogP contribution in [0.15, 0.2) is 18.2 Å². The number of rotatable bonds is 3. The van der Waals surface area contributed by atoms with Crippen LogP contribution < -0.4 is 4.90 Å². The number of halogens is 1. The van der Waals surface area contributed by atoms with Crippen molar-refractivity contribution in [2.75, 3.05) is 31.1 Å². The number of benzene rings is 1. The Morgan fingerprint density at radius 1 is 1.17 bits per heavy atom. The molecule has 0 bridgehead atoms. The van der Waals surface area contributed by atoms with E-state index in [0.29, 0.717) is 11.6 Å². The van der Waals surface area contributed by atoms with Gasteiger partial charge in [0.2, 0.25) is 0 Å². The van der Waals surface area contributed by atoms with Gasteiger partial charge in [-0.15, -0.1) is 0 Å². The molecule has 1 N–H and O–H groups in total. The normalized spacial score (nSPS) is 17.5. The maximum Gasteiger partial charge on any atom is 0.125 e. The van der Waals surface area contributed by atoms with E-state index in [0.717, 1.165) is 31.9 Å². The van der Waals surface area contributed by atoms with Gasteiger partial charge in [0.1, 0.15) is 5.82 Å².